The van der Waals surface area contributed by atoms with Gasteiger partial charge in [-0.1, -0.05) is 183 Å². The zero-order valence-electron chi connectivity index (χ0n) is 33.7. The van der Waals surface area contributed by atoms with E-state index in [4.69, 9.17) is 19.7 Å². The standard InChI is InChI=1S/C57H41N3O/c1-36-44(25-15-26-45(36)56-59-54(37-16-4-2-5-17-37)58-55(60-56)38-18-6-3-7-19-38)43-23-14-22-39(32-43)42-30-31-50-53(35-42)61-52-29-13-12-28-49(52)57(50)48-27-11-10-24-46(48)47-33-40-20-8-9-21-41(40)34-51(47)57/h2-31,33-36,39,45H,32H2,1H3/t36-,39+,45?,57?/m0/s1. The Balaban J connectivity index is 0.897. The molecule has 0 amide bonds. The van der Waals surface area contributed by atoms with E-state index in [1.54, 1.807) is 0 Å². The predicted molar refractivity (Wildman–Crippen MR) is 246 cm³/mol. The van der Waals surface area contributed by atoms with Crippen molar-refractivity contribution >= 4 is 10.8 Å². The van der Waals surface area contributed by atoms with Crippen molar-refractivity contribution < 1.29 is 4.74 Å². The summed E-state index contributed by atoms with van der Waals surface area (Å²) in [5, 5.41) is 2.50. The van der Waals surface area contributed by atoms with Gasteiger partial charge in [-0.3, -0.25) is 0 Å². The molecule has 4 heteroatoms. The van der Waals surface area contributed by atoms with E-state index in [1.165, 1.54) is 60.9 Å². The summed E-state index contributed by atoms with van der Waals surface area (Å²) in [5.74, 6) is 4.32. The summed E-state index contributed by atoms with van der Waals surface area (Å²) in [7, 11) is 0. The molecule has 0 radical (unpaired) electrons. The summed E-state index contributed by atoms with van der Waals surface area (Å²) in [4.78, 5) is 15.2. The number of hydrogen-bond donors (Lipinski definition) is 0. The van der Waals surface area contributed by atoms with Gasteiger partial charge in [-0.05, 0) is 86.3 Å². The number of aromatic nitrogens is 3. The molecule has 1 spiro atoms. The second kappa shape index (κ2) is 14.1. The molecule has 2 unspecified atom stereocenters. The number of para-hydroxylation sites is 1. The van der Waals surface area contributed by atoms with Gasteiger partial charge in [-0.2, -0.15) is 0 Å². The number of benzene rings is 7. The molecule has 0 saturated carbocycles. The number of fused-ring (bicyclic) bond motifs is 10. The van der Waals surface area contributed by atoms with Crippen molar-refractivity contribution in [3.63, 3.8) is 0 Å². The van der Waals surface area contributed by atoms with Crippen LogP contribution in [0.5, 0.6) is 11.5 Å². The largest absolute Gasteiger partial charge is 0.457 e. The third kappa shape index (κ3) is 5.63. The number of ether oxygens (including phenoxy) is 1. The Kier molecular flexibility index (Phi) is 8.21. The molecular formula is C57H41N3O. The maximum atomic E-state index is 6.94. The Morgan fingerprint density at radius 2 is 1.16 bits per heavy atom. The molecule has 1 aromatic heterocycles. The summed E-state index contributed by atoms with van der Waals surface area (Å²) in [6.45, 7) is 2.31. The number of rotatable bonds is 5. The summed E-state index contributed by atoms with van der Waals surface area (Å²) in [6, 6.07) is 58.6. The molecule has 0 saturated heterocycles. The Hall–Kier alpha value is -7.43. The van der Waals surface area contributed by atoms with E-state index in [0.29, 0.717) is 11.6 Å². The smallest absolute Gasteiger partial charge is 0.163 e. The topological polar surface area (TPSA) is 47.9 Å². The van der Waals surface area contributed by atoms with Crippen LogP contribution >= 0.6 is 0 Å². The molecule has 290 valence electrons. The van der Waals surface area contributed by atoms with Gasteiger partial charge in [0.2, 0.25) is 0 Å². The zero-order chi connectivity index (χ0) is 40.5. The Morgan fingerprint density at radius 1 is 0.525 bits per heavy atom. The van der Waals surface area contributed by atoms with E-state index in [0.717, 1.165) is 34.9 Å². The highest BCUT2D eigenvalue weighted by Crippen LogP contribution is 2.62. The van der Waals surface area contributed by atoms with Gasteiger partial charge >= 0.3 is 0 Å². The minimum atomic E-state index is -0.508. The zero-order valence-corrected chi connectivity index (χ0v) is 33.7. The molecule has 3 aliphatic carbocycles. The molecule has 0 N–H and O–H groups in total. The lowest BCUT2D eigenvalue weighted by Crippen LogP contribution is -2.32. The van der Waals surface area contributed by atoms with Crippen LogP contribution in [-0.2, 0) is 5.41 Å². The fourth-order valence-electron chi connectivity index (χ4n) is 10.4. The second-order valence-electron chi connectivity index (χ2n) is 16.7. The van der Waals surface area contributed by atoms with Crippen LogP contribution in [0.1, 0.15) is 58.8 Å². The first kappa shape index (κ1) is 35.5. The van der Waals surface area contributed by atoms with Crippen molar-refractivity contribution in [2.45, 2.75) is 30.6 Å². The molecule has 2 heterocycles. The van der Waals surface area contributed by atoms with Crippen molar-refractivity contribution in [2.75, 3.05) is 0 Å². The van der Waals surface area contributed by atoms with E-state index in [9.17, 15) is 0 Å². The third-order valence-corrected chi connectivity index (χ3v) is 13.3. The van der Waals surface area contributed by atoms with Gasteiger partial charge in [0.25, 0.3) is 0 Å². The van der Waals surface area contributed by atoms with E-state index in [2.05, 4.69) is 171 Å². The summed E-state index contributed by atoms with van der Waals surface area (Å²) in [6.07, 6.45) is 14.5. The van der Waals surface area contributed by atoms with Crippen LogP contribution < -0.4 is 4.74 Å². The number of nitrogens with zero attached hydrogens (tertiary/aromatic N) is 3. The molecular weight excluding hydrogens is 743 g/mol. The lowest BCUT2D eigenvalue weighted by molar-refractivity contribution is 0.435. The molecule has 7 aromatic carbocycles. The number of hydrogen-bond acceptors (Lipinski definition) is 4. The first-order valence-corrected chi connectivity index (χ1v) is 21.3. The van der Waals surface area contributed by atoms with Crippen LogP contribution in [0.25, 0.3) is 44.7 Å². The summed E-state index contributed by atoms with van der Waals surface area (Å²) >= 11 is 0. The molecule has 4 nitrogen and oxygen atoms in total. The van der Waals surface area contributed by atoms with Gasteiger partial charge in [-0.15, -0.1) is 0 Å². The normalized spacial score (nSPS) is 20.6. The molecule has 61 heavy (non-hydrogen) atoms. The highest BCUT2D eigenvalue weighted by Gasteiger charge is 2.51. The highest BCUT2D eigenvalue weighted by atomic mass is 16.5. The maximum Gasteiger partial charge on any atom is 0.163 e. The van der Waals surface area contributed by atoms with Crippen LogP contribution in [0, 0.1) is 5.92 Å². The first-order valence-electron chi connectivity index (χ1n) is 21.3. The molecule has 8 aromatic rings. The van der Waals surface area contributed by atoms with Gasteiger partial charge in [-0.25, -0.2) is 15.0 Å². The molecule has 0 bridgehead atoms. The first-order chi connectivity index (χ1) is 30.1. The summed E-state index contributed by atoms with van der Waals surface area (Å²) < 4.78 is 6.94. The van der Waals surface area contributed by atoms with E-state index >= 15 is 0 Å². The molecule has 0 fully saturated rings. The third-order valence-electron chi connectivity index (χ3n) is 13.3. The van der Waals surface area contributed by atoms with Gasteiger partial charge in [0.05, 0.1) is 5.41 Å². The van der Waals surface area contributed by atoms with Crippen LogP contribution in [0.15, 0.2) is 211 Å². The van der Waals surface area contributed by atoms with Crippen molar-refractivity contribution in [3.8, 4) is 45.4 Å². The maximum absolute atomic E-state index is 6.94. The Bertz CT molecular complexity index is 3120. The van der Waals surface area contributed by atoms with Gasteiger partial charge in [0, 0.05) is 34.1 Å². The van der Waals surface area contributed by atoms with Crippen molar-refractivity contribution in [2.24, 2.45) is 5.92 Å². The quantitative estimate of drug-likeness (QED) is 0.174. The molecule has 4 aliphatic rings. The Labute approximate surface area is 356 Å². The fraction of sp³-hybridized carbons (Fsp3) is 0.105. The van der Waals surface area contributed by atoms with Gasteiger partial charge in [0.1, 0.15) is 17.3 Å². The molecule has 4 atom stereocenters. The SMILES string of the molecule is C[C@H]1C(C2=CC=C[C@@H](c3ccc4c(c3)Oc3ccccc3C43c4ccccc4-c4cc5ccccc5cc43)C2)=CC=CC1c1nc(-c2ccccc2)nc(-c2ccccc2)n1. The highest BCUT2D eigenvalue weighted by molar-refractivity contribution is 5.96. The minimum absolute atomic E-state index is 0.0131. The van der Waals surface area contributed by atoms with E-state index < -0.39 is 5.41 Å². The minimum Gasteiger partial charge on any atom is -0.457 e. The van der Waals surface area contributed by atoms with Crippen molar-refractivity contribution in [1.82, 2.24) is 15.0 Å². The monoisotopic (exact) mass is 783 g/mol. The lowest BCUT2D eigenvalue weighted by atomic mass is 9.65. The Morgan fingerprint density at radius 3 is 1.93 bits per heavy atom. The van der Waals surface area contributed by atoms with Crippen LogP contribution in [0.2, 0.25) is 0 Å². The van der Waals surface area contributed by atoms with Gasteiger partial charge in [0.15, 0.2) is 11.6 Å². The summed E-state index contributed by atoms with van der Waals surface area (Å²) in [5.41, 5.74) is 12.9. The molecule has 12 rings (SSSR count). The van der Waals surface area contributed by atoms with E-state index in [1.807, 2.05) is 36.4 Å². The van der Waals surface area contributed by atoms with Crippen molar-refractivity contribution in [1.29, 1.82) is 0 Å². The second-order valence-corrected chi connectivity index (χ2v) is 16.7. The van der Waals surface area contributed by atoms with Crippen molar-refractivity contribution in [3.05, 3.63) is 245 Å². The van der Waals surface area contributed by atoms with Crippen LogP contribution in [0.4, 0.5) is 0 Å². The van der Waals surface area contributed by atoms with Gasteiger partial charge < -0.3 is 4.74 Å². The fourth-order valence-corrected chi connectivity index (χ4v) is 10.4. The molecule has 1 aliphatic heterocycles. The van der Waals surface area contributed by atoms with Crippen LogP contribution in [0.3, 0.4) is 0 Å². The van der Waals surface area contributed by atoms with Crippen LogP contribution in [-0.4, -0.2) is 15.0 Å². The average molecular weight is 784 g/mol. The predicted octanol–water partition coefficient (Wildman–Crippen LogP) is 13.7. The number of allylic oxidation sites excluding steroid dienone is 8. The van der Waals surface area contributed by atoms with E-state index in [-0.39, 0.29) is 17.8 Å². The average Bonchev–Trinajstić information content (AvgIpc) is 3.60. The lowest BCUT2D eigenvalue weighted by Gasteiger charge is -2.40.